The van der Waals surface area contributed by atoms with E-state index in [4.69, 9.17) is 9.26 Å². The maximum atomic E-state index is 12.3. The summed E-state index contributed by atoms with van der Waals surface area (Å²) in [7, 11) is 0. The van der Waals surface area contributed by atoms with E-state index in [9.17, 15) is 4.79 Å². The Morgan fingerprint density at radius 3 is 2.73 bits per heavy atom. The van der Waals surface area contributed by atoms with Gasteiger partial charge in [-0.25, -0.2) is 0 Å². The molecule has 1 aliphatic heterocycles. The molecule has 0 bridgehead atoms. The van der Waals surface area contributed by atoms with Crippen LogP contribution in [0, 0.1) is 13.8 Å². The van der Waals surface area contributed by atoms with Gasteiger partial charge in [-0.1, -0.05) is 35.0 Å². The lowest BCUT2D eigenvalue weighted by Gasteiger charge is -2.32. The highest BCUT2D eigenvalue weighted by Gasteiger charge is 2.29. The number of ether oxygens (including phenoxy) is 1. The second kappa shape index (κ2) is 6.32. The number of carbonyl (C=O) groups excluding carboxylic acids is 1. The molecular formula is C17H20N2O3. The largest absolute Gasteiger partial charge is 0.371 e. The Kier molecular flexibility index (Phi) is 4.24. The standard InChI is InChI=1S/C17H20N2O3/c1-11-5-7-13(8-6-11)16-14(4-3-9-21-16)18-17(20)15-10-12(2)22-19-15/h5-8,10,14,16H,3-4,9H2,1-2H3,(H,18,20). The number of hydrogen-bond donors (Lipinski definition) is 1. The Bertz CT molecular complexity index is 648. The molecule has 1 fully saturated rings. The van der Waals surface area contributed by atoms with Crippen molar-refractivity contribution in [1.29, 1.82) is 0 Å². The van der Waals surface area contributed by atoms with E-state index in [1.54, 1.807) is 13.0 Å². The average Bonchev–Trinajstić information content (AvgIpc) is 2.95. The molecule has 1 saturated heterocycles. The molecule has 2 aromatic rings. The van der Waals surface area contributed by atoms with Gasteiger partial charge >= 0.3 is 0 Å². The van der Waals surface area contributed by atoms with E-state index < -0.39 is 0 Å². The smallest absolute Gasteiger partial charge is 0.273 e. The van der Waals surface area contributed by atoms with Gasteiger partial charge in [0.25, 0.3) is 5.91 Å². The van der Waals surface area contributed by atoms with Crippen LogP contribution in [0.15, 0.2) is 34.9 Å². The zero-order chi connectivity index (χ0) is 15.5. The van der Waals surface area contributed by atoms with Crippen molar-refractivity contribution >= 4 is 5.91 Å². The first kappa shape index (κ1) is 14.8. The Morgan fingerprint density at radius 1 is 1.27 bits per heavy atom. The Hall–Kier alpha value is -2.14. The van der Waals surface area contributed by atoms with Gasteiger partial charge in [-0.05, 0) is 32.3 Å². The van der Waals surface area contributed by atoms with Crippen molar-refractivity contribution in [1.82, 2.24) is 10.5 Å². The Morgan fingerprint density at radius 2 is 2.05 bits per heavy atom. The molecule has 2 atom stereocenters. The van der Waals surface area contributed by atoms with E-state index >= 15 is 0 Å². The first-order chi connectivity index (χ1) is 10.6. The third-order valence-electron chi connectivity index (χ3n) is 3.91. The highest BCUT2D eigenvalue weighted by Crippen LogP contribution is 2.28. The fourth-order valence-electron chi connectivity index (χ4n) is 2.73. The Balaban J connectivity index is 1.75. The number of carbonyl (C=O) groups is 1. The van der Waals surface area contributed by atoms with Crippen molar-refractivity contribution in [2.24, 2.45) is 0 Å². The van der Waals surface area contributed by atoms with Crippen LogP contribution < -0.4 is 5.32 Å². The molecule has 116 valence electrons. The molecule has 5 nitrogen and oxygen atoms in total. The van der Waals surface area contributed by atoms with Crippen molar-refractivity contribution in [2.45, 2.75) is 38.8 Å². The second-order valence-electron chi connectivity index (χ2n) is 5.75. The highest BCUT2D eigenvalue weighted by atomic mass is 16.5. The number of hydrogen-bond acceptors (Lipinski definition) is 4. The number of nitrogens with one attached hydrogen (secondary N) is 1. The van der Waals surface area contributed by atoms with Gasteiger partial charge in [-0.15, -0.1) is 0 Å². The summed E-state index contributed by atoms with van der Waals surface area (Å²) in [6.45, 7) is 4.54. The van der Waals surface area contributed by atoms with Crippen LogP contribution in [0.1, 0.15) is 46.3 Å². The van der Waals surface area contributed by atoms with E-state index in [0.29, 0.717) is 18.1 Å². The van der Waals surface area contributed by atoms with E-state index in [0.717, 1.165) is 18.4 Å². The normalized spacial score (nSPS) is 21.5. The summed E-state index contributed by atoms with van der Waals surface area (Å²) in [6.07, 6.45) is 1.71. The van der Waals surface area contributed by atoms with Crippen molar-refractivity contribution in [3.63, 3.8) is 0 Å². The van der Waals surface area contributed by atoms with E-state index in [1.165, 1.54) is 5.56 Å². The fourth-order valence-corrected chi connectivity index (χ4v) is 2.73. The van der Waals surface area contributed by atoms with Crippen LogP contribution in [-0.4, -0.2) is 23.7 Å². The van der Waals surface area contributed by atoms with Crippen molar-refractivity contribution in [3.8, 4) is 0 Å². The molecule has 1 aromatic carbocycles. The van der Waals surface area contributed by atoms with Crippen molar-refractivity contribution in [3.05, 3.63) is 52.9 Å². The molecule has 3 rings (SSSR count). The van der Waals surface area contributed by atoms with Crippen LogP contribution in [-0.2, 0) is 4.74 Å². The third kappa shape index (κ3) is 3.20. The SMILES string of the molecule is Cc1ccc(C2OCCCC2NC(=O)c2cc(C)on2)cc1. The van der Waals surface area contributed by atoms with Crippen LogP contribution in [0.3, 0.4) is 0 Å². The molecule has 1 aromatic heterocycles. The lowest BCUT2D eigenvalue weighted by molar-refractivity contribution is -0.00955. The molecule has 0 aliphatic carbocycles. The van der Waals surface area contributed by atoms with E-state index in [1.807, 2.05) is 0 Å². The molecule has 1 amide bonds. The molecular weight excluding hydrogens is 280 g/mol. The van der Waals surface area contributed by atoms with Gasteiger partial charge in [0, 0.05) is 12.7 Å². The molecule has 2 heterocycles. The van der Waals surface area contributed by atoms with E-state index in [-0.39, 0.29) is 18.1 Å². The molecule has 0 spiro atoms. The minimum Gasteiger partial charge on any atom is -0.371 e. The van der Waals surface area contributed by atoms with Gasteiger partial charge in [-0.2, -0.15) is 0 Å². The number of nitrogens with zero attached hydrogens (tertiary/aromatic N) is 1. The van der Waals surface area contributed by atoms with Crippen molar-refractivity contribution in [2.75, 3.05) is 6.61 Å². The van der Waals surface area contributed by atoms with Crippen LogP contribution in [0.5, 0.6) is 0 Å². The quantitative estimate of drug-likeness (QED) is 0.946. The highest BCUT2D eigenvalue weighted by molar-refractivity contribution is 5.92. The van der Waals surface area contributed by atoms with Gasteiger partial charge in [0.15, 0.2) is 5.69 Å². The lowest BCUT2D eigenvalue weighted by Crippen LogP contribution is -2.42. The first-order valence-corrected chi connectivity index (χ1v) is 7.56. The monoisotopic (exact) mass is 300 g/mol. The summed E-state index contributed by atoms with van der Waals surface area (Å²) in [6, 6.07) is 9.83. The molecule has 1 aliphatic rings. The van der Waals surface area contributed by atoms with E-state index in [2.05, 4.69) is 41.7 Å². The minimum absolute atomic E-state index is 0.0547. The predicted molar refractivity (Wildman–Crippen MR) is 81.6 cm³/mol. The summed E-state index contributed by atoms with van der Waals surface area (Å²) in [5.74, 6) is 0.407. The van der Waals surface area contributed by atoms with Gasteiger partial charge in [0.05, 0.1) is 6.04 Å². The zero-order valence-corrected chi connectivity index (χ0v) is 12.8. The van der Waals surface area contributed by atoms with Gasteiger partial charge in [0.1, 0.15) is 11.9 Å². The maximum absolute atomic E-state index is 12.3. The number of amides is 1. The third-order valence-corrected chi connectivity index (χ3v) is 3.91. The van der Waals surface area contributed by atoms with Crippen molar-refractivity contribution < 1.29 is 14.1 Å². The second-order valence-corrected chi connectivity index (χ2v) is 5.75. The Labute approximate surface area is 129 Å². The predicted octanol–water partition coefficient (Wildman–Crippen LogP) is 2.94. The first-order valence-electron chi connectivity index (χ1n) is 7.56. The summed E-state index contributed by atoms with van der Waals surface area (Å²) in [5.41, 5.74) is 2.61. The zero-order valence-electron chi connectivity index (χ0n) is 12.8. The van der Waals surface area contributed by atoms with Crippen LogP contribution in [0.2, 0.25) is 0 Å². The molecule has 22 heavy (non-hydrogen) atoms. The molecule has 0 saturated carbocycles. The van der Waals surface area contributed by atoms with Gasteiger partial charge in [0.2, 0.25) is 0 Å². The maximum Gasteiger partial charge on any atom is 0.273 e. The van der Waals surface area contributed by atoms with Crippen LogP contribution in [0.4, 0.5) is 0 Å². The summed E-state index contributed by atoms with van der Waals surface area (Å²) in [4.78, 5) is 12.3. The lowest BCUT2D eigenvalue weighted by atomic mass is 9.95. The van der Waals surface area contributed by atoms with Gasteiger partial charge in [-0.3, -0.25) is 4.79 Å². The number of benzene rings is 1. The number of rotatable bonds is 3. The molecule has 1 N–H and O–H groups in total. The number of aromatic nitrogens is 1. The minimum atomic E-state index is -0.218. The summed E-state index contributed by atoms with van der Waals surface area (Å²) >= 11 is 0. The molecule has 2 unspecified atom stereocenters. The van der Waals surface area contributed by atoms with Crippen LogP contribution in [0.25, 0.3) is 0 Å². The molecule has 5 heteroatoms. The average molecular weight is 300 g/mol. The summed E-state index contributed by atoms with van der Waals surface area (Å²) < 4.78 is 10.9. The fraction of sp³-hybridized carbons (Fsp3) is 0.412. The summed E-state index contributed by atoms with van der Waals surface area (Å²) in [5, 5.41) is 6.79. The topological polar surface area (TPSA) is 64.4 Å². The van der Waals surface area contributed by atoms with Gasteiger partial charge < -0.3 is 14.6 Å². The number of aryl methyl sites for hydroxylation is 2. The molecule has 0 radical (unpaired) electrons. The van der Waals surface area contributed by atoms with Crippen LogP contribution >= 0.6 is 0 Å².